The maximum Gasteiger partial charge on any atom is 0.239 e. The van der Waals surface area contributed by atoms with Gasteiger partial charge in [-0.25, -0.2) is 4.39 Å². The Labute approximate surface area is 172 Å². The summed E-state index contributed by atoms with van der Waals surface area (Å²) in [6.45, 7) is 0.222. The summed E-state index contributed by atoms with van der Waals surface area (Å²) in [5.41, 5.74) is 2.53. The summed E-state index contributed by atoms with van der Waals surface area (Å²) in [6, 6.07) is 18.7. The summed E-state index contributed by atoms with van der Waals surface area (Å²) in [4.78, 5) is 16.5. The normalized spacial score (nSPS) is 10.6. The third-order valence-corrected chi connectivity index (χ3v) is 4.37. The summed E-state index contributed by atoms with van der Waals surface area (Å²) < 4.78 is 24.3. The van der Waals surface area contributed by atoms with Crippen LogP contribution in [0.1, 0.15) is 6.42 Å². The van der Waals surface area contributed by atoms with Gasteiger partial charge in [0.1, 0.15) is 17.3 Å². The van der Waals surface area contributed by atoms with Crippen LogP contribution in [0.15, 0.2) is 83.6 Å². The highest BCUT2D eigenvalue weighted by atomic mass is 19.1. The number of hydrogen-bond donors (Lipinski definition) is 1. The van der Waals surface area contributed by atoms with E-state index in [1.165, 1.54) is 12.1 Å². The lowest BCUT2D eigenvalue weighted by atomic mass is 10.0. The predicted octanol–water partition coefficient (Wildman–Crippen LogP) is 4.95. The minimum atomic E-state index is -0.348. The quantitative estimate of drug-likeness (QED) is 0.472. The van der Waals surface area contributed by atoms with Gasteiger partial charge in [-0.2, -0.15) is 0 Å². The second-order valence-electron chi connectivity index (χ2n) is 6.44. The summed E-state index contributed by atoms with van der Waals surface area (Å²) in [5, 5.41) is 6.86. The van der Waals surface area contributed by atoms with E-state index in [0.29, 0.717) is 22.6 Å². The first-order chi connectivity index (χ1) is 14.7. The Bertz CT molecular complexity index is 1110. The molecule has 0 aliphatic carbocycles. The Morgan fingerprint density at radius 3 is 2.43 bits per heavy atom. The molecule has 0 bridgehead atoms. The van der Waals surface area contributed by atoms with E-state index in [4.69, 9.17) is 9.26 Å². The van der Waals surface area contributed by atoms with Crippen LogP contribution >= 0.6 is 0 Å². The fraction of sp³-hybridized carbons (Fsp3) is 0.0870. The molecule has 1 N–H and O–H groups in total. The number of carbonyl (C=O) groups is 1. The summed E-state index contributed by atoms with van der Waals surface area (Å²) in [6.07, 6.45) is 3.41. The van der Waals surface area contributed by atoms with Crippen LogP contribution in [0, 0.1) is 5.82 Å². The van der Waals surface area contributed by atoms with Crippen molar-refractivity contribution in [1.29, 1.82) is 0 Å². The summed E-state index contributed by atoms with van der Waals surface area (Å²) in [7, 11) is 0. The molecule has 0 saturated carbocycles. The Balaban J connectivity index is 1.54. The zero-order valence-electron chi connectivity index (χ0n) is 15.9. The number of carbonyl (C=O) groups excluding carboxylic acids is 1. The molecular weight excluding hydrogens is 385 g/mol. The molecule has 30 heavy (non-hydrogen) atoms. The molecule has 0 radical (unpaired) electrons. The number of ether oxygens (including phenoxy) is 1. The number of amides is 1. The van der Waals surface area contributed by atoms with E-state index in [-0.39, 0.29) is 30.6 Å². The van der Waals surface area contributed by atoms with E-state index in [1.54, 1.807) is 36.7 Å². The van der Waals surface area contributed by atoms with Crippen LogP contribution in [0.2, 0.25) is 0 Å². The molecule has 0 aliphatic rings. The lowest BCUT2D eigenvalue weighted by Gasteiger charge is -2.07. The number of rotatable bonds is 7. The molecule has 4 rings (SSSR count). The molecule has 0 spiro atoms. The third-order valence-electron chi connectivity index (χ3n) is 4.37. The van der Waals surface area contributed by atoms with Crippen LogP contribution in [0.4, 0.5) is 10.3 Å². The minimum Gasteiger partial charge on any atom is -0.493 e. The SMILES string of the molecule is O=C(CCOc1ccccc1)Nc1onc(-c2ccc(F)cc2)c1-c1ccncc1. The standard InChI is InChI=1S/C23H18FN3O3/c24-18-8-6-17(7-9-18)22-21(16-10-13-25-14-11-16)23(30-27-22)26-20(28)12-15-29-19-4-2-1-3-5-19/h1-11,13-14H,12,15H2,(H,26,28). The monoisotopic (exact) mass is 403 g/mol. The van der Waals surface area contributed by atoms with Gasteiger partial charge in [-0.15, -0.1) is 0 Å². The summed E-state index contributed by atoms with van der Waals surface area (Å²) >= 11 is 0. The molecule has 7 heteroatoms. The van der Waals surface area contributed by atoms with E-state index in [1.807, 2.05) is 30.3 Å². The van der Waals surface area contributed by atoms with Crippen molar-refractivity contribution in [3.63, 3.8) is 0 Å². The second-order valence-corrected chi connectivity index (χ2v) is 6.44. The molecule has 0 fully saturated rings. The molecule has 2 aromatic heterocycles. The highest BCUT2D eigenvalue weighted by molar-refractivity contribution is 5.97. The van der Waals surface area contributed by atoms with Crippen molar-refractivity contribution in [2.75, 3.05) is 11.9 Å². The Morgan fingerprint density at radius 1 is 0.967 bits per heavy atom. The number of hydrogen-bond acceptors (Lipinski definition) is 5. The van der Waals surface area contributed by atoms with Crippen LogP contribution in [0.5, 0.6) is 5.75 Å². The number of pyridine rings is 1. The van der Waals surface area contributed by atoms with Gasteiger partial charge in [0.15, 0.2) is 0 Å². The maximum atomic E-state index is 13.3. The molecule has 6 nitrogen and oxygen atoms in total. The maximum absolute atomic E-state index is 13.3. The van der Waals surface area contributed by atoms with Crippen molar-refractivity contribution in [3.05, 3.63) is 84.9 Å². The predicted molar refractivity (Wildman–Crippen MR) is 110 cm³/mol. The largest absolute Gasteiger partial charge is 0.493 e. The molecule has 0 unspecified atom stereocenters. The van der Waals surface area contributed by atoms with Crippen molar-refractivity contribution >= 4 is 11.8 Å². The van der Waals surface area contributed by atoms with Gasteiger partial charge in [0.25, 0.3) is 0 Å². The first kappa shape index (κ1) is 19.3. The molecule has 0 saturated heterocycles. The fourth-order valence-corrected chi connectivity index (χ4v) is 2.93. The van der Waals surface area contributed by atoms with Gasteiger partial charge in [0, 0.05) is 18.0 Å². The van der Waals surface area contributed by atoms with E-state index in [2.05, 4.69) is 15.5 Å². The van der Waals surface area contributed by atoms with E-state index in [0.717, 1.165) is 5.56 Å². The summed E-state index contributed by atoms with van der Waals surface area (Å²) in [5.74, 6) is 0.286. The van der Waals surface area contributed by atoms with Crippen LogP contribution in [0.3, 0.4) is 0 Å². The highest BCUT2D eigenvalue weighted by Crippen LogP contribution is 2.37. The van der Waals surface area contributed by atoms with Crippen molar-refractivity contribution in [2.24, 2.45) is 0 Å². The zero-order valence-corrected chi connectivity index (χ0v) is 15.9. The van der Waals surface area contributed by atoms with Crippen molar-refractivity contribution in [1.82, 2.24) is 10.1 Å². The smallest absolute Gasteiger partial charge is 0.239 e. The number of para-hydroxylation sites is 1. The number of halogens is 1. The average Bonchev–Trinajstić information content (AvgIpc) is 3.19. The number of aromatic nitrogens is 2. The lowest BCUT2D eigenvalue weighted by Crippen LogP contribution is -2.15. The molecule has 0 atom stereocenters. The minimum absolute atomic E-state index is 0.136. The molecule has 2 aromatic carbocycles. The van der Waals surface area contributed by atoms with E-state index in [9.17, 15) is 9.18 Å². The number of anilines is 1. The fourth-order valence-electron chi connectivity index (χ4n) is 2.93. The van der Waals surface area contributed by atoms with E-state index >= 15 is 0 Å². The van der Waals surface area contributed by atoms with Crippen molar-refractivity contribution in [2.45, 2.75) is 6.42 Å². The Morgan fingerprint density at radius 2 is 1.70 bits per heavy atom. The van der Waals surface area contributed by atoms with Crippen LogP contribution in [0.25, 0.3) is 22.4 Å². The van der Waals surface area contributed by atoms with Crippen LogP contribution in [-0.4, -0.2) is 22.7 Å². The van der Waals surface area contributed by atoms with Gasteiger partial charge in [-0.1, -0.05) is 23.4 Å². The first-order valence-corrected chi connectivity index (χ1v) is 9.34. The van der Waals surface area contributed by atoms with Gasteiger partial charge in [-0.05, 0) is 54.1 Å². The van der Waals surface area contributed by atoms with E-state index < -0.39 is 0 Å². The van der Waals surface area contributed by atoms with Gasteiger partial charge in [-0.3, -0.25) is 15.1 Å². The number of benzene rings is 2. The lowest BCUT2D eigenvalue weighted by molar-refractivity contribution is -0.116. The average molecular weight is 403 g/mol. The third kappa shape index (κ3) is 4.52. The second kappa shape index (κ2) is 9.00. The van der Waals surface area contributed by atoms with Crippen molar-refractivity contribution in [3.8, 4) is 28.1 Å². The highest BCUT2D eigenvalue weighted by Gasteiger charge is 2.21. The van der Waals surface area contributed by atoms with Gasteiger partial charge in [0.2, 0.25) is 11.8 Å². The Hall–Kier alpha value is -4.00. The van der Waals surface area contributed by atoms with Crippen LogP contribution < -0.4 is 10.1 Å². The molecule has 2 heterocycles. The molecule has 0 aliphatic heterocycles. The van der Waals surface area contributed by atoms with Crippen molar-refractivity contribution < 1.29 is 18.4 Å². The zero-order chi connectivity index (χ0) is 20.8. The Kier molecular flexibility index (Phi) is 5.80. The number of nitrogens with zero attached hydrogens (tertiary/aromatic N) is 2. The number of nitrogens with one attached hydrogen (secondary N) is 1. The molecule has 150 valence electrons. The topological polar surface area (TPSA) is 77.2 Å². The van der Waals surface area contributed by atoms with Gasteiger partial charge < -0.3 is 9.26 Å². The molecular formula is C23H18FN3O3. The molecule has 1 amide bonds. The first-order valence-electron chi connectivity index (χ1n) is 9.34. The van der Waals surface area contributed by atoms with Gasteiger partial charge in [0.05, 0.1) is 18.6 Å². The molecule has 4 aromatic rings. The van der Waals surface area contributed by atoms with Gasteiger partial charge >= 0.3 is 0 Å². The van der Waals surface area contributed by atoms with Crippen LogP contribution in [-0.2, 0) is 4.79 Å².